The average Bonchev–Trinajstić information content (AvgIpc) is 3.23. The summed E-state index contributed by atoms with van der Waals surface area (Å²) in [6.07, 6.45) is 4.15. The molecule has 19 heavy (non-hydrogen) atoms. The number of aromatic carboxylic acids is 1. The summed E-state index contributed by atoms with van der Waals surface area (Å²) < 4.78 is 0. The maximum atomic E-state index is 11.1. The van der Waals surface area contributed by atoms with Gasteiger partial charge in [-0.05, 0) is 18.9 Å². The second-order valence-electron chi connectivity index (χ2n) is 5.16. The Hall–Kier alpha value is -1.82. The highest BCUT2D eigenvalue weighted by molar-refractivity contribution is 5.96. The van der Waals surface area contributed by atoms with Crippen LogP contribution < -0.4 is 10.6 Å². The van der Waals surface area contributed by atoms with Gasteiger partial charge in [-0.15, -0.1) is 0 Å². The molecule has 0 radical (unpaired) electrons. The summed E-state index contributed by atoms with van der Waals surface area (Å²) in [5.41, 5.74) is 6.33. The van der Waals surface area contributed by atoms with Gasteiger partial charge in [0.1, 0.15) is 0 Å². The van der Waals surface area contributed by atoms with Crippen LogP contribution in [0.25, 0.3) is 0 Å². The summed E-state index contributed by atoms with van der Waals surface area (Å²) in [7, 11) is 0. The number of nitrogen functional groups attached to an aromatic ring is 1. The van der Waals surface area contributed by atoms with Crippen LogP contribution in [0.15, 0.2) is 12.3 Å². The van der Waals surface area contributed by atoms with Gasteiger partial charge in [-0.25, -0.2) is 9.78 Å². The Balaban J connectivity index is 1.75. The number of hydrogen-bond donors (Lipinski definition) is 2. The van der Waals surface area contributed by atoms with Crippen LogP contribution in [0.5, 0.6) is 0 Å². The Kier molecular flexibility index (Phi) is 3.02. The minimum absolute atomic E-state index is 0.134. The number of carbonyl (C=O) groups is 1. The predicted molar refractivity (Wildman–Crippen MR) is 72.4 cm³/mol. The van der Waals surface area contributed by atoms with Crippen molar-refractivity contribution in [1.29, 1.82) is 0 Å². The molecule has 0 bridgehead atoms. The molecule has 1 aliphatic heterocycles. The topological polar surface area (TPSA) is 82.7 Å². The van der Waals surface area contributed by atoms with Crippen LogP contribution in [-0.2, 0) is 0 Å². The fraction of sp³-hybridized carbons (Fsp3) is 0.538. The van der Waals surface area contributed by atoms with Gasteiger partial charge in [0.2, 0.25) is 0 Å². The lowest BCUT2D eigenvalue weighted by molar-refractivity contribution is 0.0698. The lowest BCUT2D eigenvalue weighted by atomic mass is 10.2. The third-order valence-electron chi connectivity index (χ3n) is 3.88. The van der Waals surface area contributed by atoms with E-state index in [1.54, 1.807) is 0 Å². The summed E-state index contributed by atoms with van der Waals surface area (Å²) in [6.45, 7) is 3.72. The normalized spacial score (nSPS) is 20.5. The Labute approximate surface area is 111 Å². The Morgan fingerprint density at radius 3 is 2.58 bits per heavy atom. The Bertz CT molecular complexity index is 493. The van der Waals surface area contributed by atoms with Crippen molar-refractivity contribution in [2.45, 2.75) is 18.9 Å². The van der Waals surface area contributed by atoms with Crippen molar-refractivity contribution >= 4 is 17.5 Å². The van der Waals surface area contributed by atoms with Crippen LogP contribution in [0, 0.1) is 0 Å². The molecule has 1 aromatic rings. The smallest absolute Gasteiger partial charge is 0.337 e. The SMILES string of the molecule is Nc1c(C(=O)O)ccnc1N1CCN(C2CC2)CC1. The Morgan fingerprint density at radius 2 is 2.00 bits per heavy atom. The average molecular weight is 262 g/mol. The molecule has 3 N–H and O–H groups in total. The van der Waals surface area contributed by atoms with Crippen molar-refractivity contribution in [3.63, 3.8) is 0 Å². The molecule has 2 aliphatic rings. The molecule has 0 atom stereocenters. The molecule has 0 aromatic carbocycles. The number of anilines is 2. The molecule has 1 saturated carbocycles. The first-order chi connectivity index (χ1) is 9.16. The summed E-state index contributed by atoms with van der Waals surface area (Å²) >= 11 is 0. The second-order valence-corrected chi connectivity index (χ2v) is 5.16. The van der Waals surface area contributed by atoms with Crippen LogP contribution in [0.2, 0.25) is 0 Å². The highest BCUT2D eigenvalue weighted by atomic mass is 16.4. The number of hydrogen-bond acceptors (Lipinski definition) is 5. The van der Waals surface area contributed by atoms with E-state index in [-0.39, 0.29) is 11.3 Å². The Morgan fingerprint density at radius 1 is 1.32 bits per heavy atom. The number of piperazine rings is 1. The molecule has 2 heterocycles. The van der Waals surface area contributed by atoms with E-state index in [4.69, 9.17) is 10.8 Å². The first kappa shape index (κ1) is 12.2. The maximum Gasteiger partial charge on any atom is 0.337 e. The van der Waals surface area contributed by atoms with Crippen LogP contribution >= 0.6 is 0 Å². The van der Waals surface area contributed by atoms with Gasteiger partial charge in [-0.2, -0.15) is 0 Å². The summed E-state index contributed by atoms with van der Waals surface area (Å²) in [5.74, 6) is -0.395. The number of aromatic nitrogens is 1. The largest absolute Gasteiger partial charge is 0.478 e. The van der Waals surface area contributed by atoms with Crippen LogP contribution in [0.1, 0.15) is 23.2 Å². The lowest BCUT2D eigenvalue weighted by Gasteiger charge is -2.36. The highest BCUT2D eigenvalue weighted by Gasteiger charge is 2.32. The second kappa shape index (κ2) is 4.70. The number of pyridine rings is 1. The van der Waals surface area contributed by atoms with Gasteiger partial charge in [-0.1, -0.05) is 0 Å². The third kappa shape index (κ3) is 2.35. The number of carboxylic acid groups (broad SMARTS) is 1. The summed E-state index contributed by atoms with van der Waals surface area (Å²) in [6, 6.07) is 2.22. The van der Waals surface area contributed by atoms with Gasteiger partial charge >= 0.3 is 5.97 Å². The molecule has 6 heteroatoms. The predicted octanol–water partition coefficient (Wildman–Crippen LogP) is 0.646. The maximum absolute atomic E-state index is 11.1. The number of nitrogens with two attached hydrogens (primary N) is 1. The van der Waals surface area contributed by atoms with Crippen molar-refractivity contribution in [2.24, 2.45) is 0 Å². The molecule has 1 aliphatic carbocycles. The van der Waals surface area contributed by atoms with Gasteiger partial charge in [0.15, 0.2) is 5.82 Å². The zero-order chi connectivity index (χ0) is 13.4. The van der Waals surface area contributed by atoms with Crippen molar-refractivity contribution < 1.29 is 9.90 Å². The van der Waals surface area contributed by atoms with Gasteiger partial charge in [0.25, 0.3) is 0 Å². The monoisotopic (exact) mass is 262 g/mol. The fourth-order valence-corrected chi connectivity index (χ4v) is 2.64. The molecule has 102 valence electrons. The third-order valence-corrected chi connectivity index (χ3v) is 3.88. The summed E-state index contributed by atoms with van der Waals surface area (Å²) in [5, 5.41) is 9.08. The van der Waals surface area contributed by atoms with Crippen molar-refractivity contribution in [3.8, 4) is 0 Å². The number of rotatable bonds is 3. The van der Waals surface area contributed by atoms with E-state index in [1.165, 1.54) is 25.1 Å². The minimum atomic E-state index is -1.00. The standard InChI is InChI=1S/C13H18N4O2/c14-11-10(13(18)19)3-4-15-12(11)17-7-5-16(6-8-17)9-1-2-9/h3-4,9H,1-2,5-8,14H2,(H,18,19). The molecule has 2 fully saturated rings. The van der Waals surface area contributed by atoms with Crippen molar-refractivity contribution in [2.75, 3.05) is 36.8 Å². The van der Waals surface area contributed by atoms with Gasteiger partial charge < -0.3 is 15.7 Å². The summed E-state index contributed by atoms with van der Waals surface area (Å²) in [4.78, 5) is 19.9. The fourth-order valence-electron chi connectivity index (χ4n) is 2.64. The number of carboxylic acids is 1. The van der Waals surface area contributed by atoms with E-state index in [9.17, 15) is 4.79 Å². The van der Waals surface area contributed by atoms with Gasteiger partial charge in [0.05, 0.1) is 11.3 Å². The number of nitrogens with zero attached hydrogens (tertiary/aromatic N) is 3. The van der Waals surface area contributed by atoms with E-state index in [2.05, 4.69) is 14.8 Å². The van der Waals surface area contributed by atoms with E-state index >= 15 is 0 Å². The minimum Gasteiger partial charge on any atom is -0.478 e. The molecule has 0 unspecified atom stereocenters. The van der Waals surface area contributed by atoms with E-state index in [0.29, 0.717) is 5.82 Å². The van der Waals surface area contributed by atoms with E-state index < -0.39 is 5.97 Å². The highest BCUT2D eigenvalue weighted by Crippen LogP contribution is 2.30. The quantitative estimate of drug-likeness (QED) is 0.832. The molecular formula is C13H18N4O2. The molecule has 1 aromatic heterocycles. The zero-order valence-corrected chi connectivity index (χ0v) is 10.7. The van der Waals surface area contributed by atoms with Crippen LogP contribution in [0.3, 0.4) is 0 Å². The zero-order valence-electron chi connectivity index (χ0n) is 10.7. The first-order valence-electron chi connectivity index (χ1n) is 6.63. The molecule has 0 spiro atoms. The van der Waals surface area contributed by atoms with E-state index in [1.807, 2.05) is 0 Å². The van der Waals surface area contributed by atoms with Crippen LogP contribution in [0.4, 0.5) is 11.5 Å². The lowest BCUT2D eigenvalue weighted by Crippen LogP contribution is -2.47. The molecule has 0 amide bonds. The van der Waals surface area contributed by atoms with Crippen molar-refractivity contribution in [3.05, 3.63) is 17.8 Å². The first-order valence-corrected chi connectivity index (χ1v) is 6.63. The van der Waals surface area contributed by atoms with Gasteiger partial charge in [0, 0.05) is 38.4 Å². The van der Waals surface area contributed by atoms with E-state index in [0.717, 1.165) is 32.2 Å². The van der Waals surface area contributed by atoms with Crippen molar-refractivity contribution in [1.82, 2.24) is 9.88 Å². The molecule has 3 rings (SSSR count). The van der Waals surface area contributed by atoms with Gasteiger partial charge in [-0.3, -0.25) is 4.90 Å². The van der Waals surface area contributed by atoms with Crippen LogP contribution in [-0.4, -0.2) is 53.2 Å². The molecule has 6 nitrogen and oxygen atoms in total. The molecular weight excluding hydrogens is 244 g/mol. The molecule has 1 saturated heterocycles.